The Labute approximate surface area is 102 Å². The number of hydrogen-bond acceptors (Lipinski definition) is 2. The van der Waals surface area contributed by atoms with Crippen molar-refractivity contribution in [2.75, 3.05) is 0 Å². The average molecular weight is 253 g/mol. The molecule has 0 aromatic rings. The van der Waals surface area contributed by atoms with Crippen molar-refractivity contribution in [3.8, 4) is 0 Å². The lowest BCUT2D eigenvalue weighted by molar-refractivity contribution is -0.115. The lowest BCUT2D eigenvalue weighted by Crippen LogP contribution is -2.05. The molecule has 0 aromatic heterocycles. The van der Waals surface area contributed by atoms with Crippen molar-refractivity contribution in [1.82, 2.24) is 0 Å². The molecule has 0 aromatic carbocycles. The highest BCUT2D eigenvalue weighted by atomic mass is 35.5. The van der Waals surface area contributed by atoms with Gasteiger partial charge in [0.2, 0.25) is 11.6 Å². The molecule has 2 nitrogen and oxygen atoms in total. The van der Waals surface area contributed by atoms with Crippen LogP contribution in [-0.2, 0) is 9.59 Å². The maximum Gasteiger partial charge on any atom is 0.210 e. The first kappa shape index (κ1) is 11.1. The van der Waals surface area contributed by atoms with E-state index in [1.165, 1.54) is 0 Å². The summed E-state index contributed by atoms with van der Waals surface area (Å²) < 4.78 is 0. The molecule has 0 unspecified atom stereocenters. The fraction of sp³-hybridized carbons (Fsp3) is 0. The molecule has 16 heavy (non-hydrogen) atoms. The number of ketones is 2. The van der Waals surface area contributed by atoms with Crippen molar-refractivity contribution >= 4 is 34.8 Å². The summed E-state index contributed by atoms with van der Waals surface area (Å²) in [6, 6.07) is 0. The lowest BCUT2D eigenvalue weighted by Gasteiger charge is -1.98. The number of rotatable bonds is 0. The van der Waals surface area contributed by atoms with Crippen molar-refractivity contribution in [2.24, 2.45) is 0 Å². The SMILES string of the molecule is O=C1C(Cl)=C(Cl)C(=O)C1=C1C=CC=CC=C1. The van der Waals surface area contributed by atoms with E-state index >= 15 is 0 Å². The number of carbonyl (C=O) groups excluding carboxylic acids is 2. The number of halogens is 2. The summed E-state index contributed by atoms with van der Waals surface area (Å²) in [5.41, 5.74) is 0.556. The van der Waals surface area contributed by atoms with Gasteiger partial charge >= 0.3 is 0 Å². The third kappa shape index (κ3) is 1.70. The van der Waals surface area contributed by atoms with Crippen LogP contribution in [-0.4, -0.2) is 11.6 Å². The Balaban J connectivity index is 2.56. The largest absolute Gasteiger partial charge is 0.287 e. The van der Waals surface area contributed by atoms with E-state index in [9.17, 15) is 9.59 Å². The first-order valence-corrected chi connectivity index (χ1v) is 5.29. The monoisotopic (exact) mass is 252 g/mol. The van der Waals surface area contributed by atoms with Crippen molar-refractivity contribution in [2.45, 2.75) is 0 Å². The summed E-state index contributed by atoms with van der Waals surface area (Å²) in [5, 5.41) is -0.402. The van der Waals surface area contributed by atoms with Crippen molar-refractivity contribution in [1.29, 1.82) is 0 Å². The Bertz CT molecular complexity index is 487. The molecule has 2 rings (SSSR count). The Morgan fingerprint density at radius 3 is 1.62 bits per heavy atom. The van der Waals surface area contributed by atoms with Crippen LogP contribution in [0.2, 0.25) is 0 Å². The van der Waals surface area contributed by atoms with Gasteiger partial charge in [-0.15, -0.1) is 0 Å². The van der Waals surface area contributed by atoms with Crippen LogP contribution in [0.15, 0.2) is 57.7 Å². The molecule has 0 aliphatic heterocycles. The molecule has 2 aliphatic rings. The first-order chi connectivity index (χ1) is 7.63. The highest BCUT2D eigenvalue weighted by Gasteiger charge is 2.35. The Hall–Kier alpha value is -1.38. The highest BCUT2D eigenvalue weighted by Crippen LogP contribution is 2.32. The Kier molecular flexibility index (Phi) is 2.95. The molecule has 0 bridgehead atoms. The minimum atomic E-state index is -0.511. The van der Waals surface area contributed by atoms with Crippen molar-refractivity contribution < 1.29 is 9.59 Å². The van der Waals surface area contributed by atoms with E-state index < -0.39 is 11.6 Å². The standard InChI is InChI=1S/C12H6Cl2O2/c13-9-10(14)12(16)8(11(9)15)7-5-3-1-2-4-6-7/h1-6H. The summed E-state index contributed by atoms with van der Waals surface area (Å²) in [7, 11) is 0. The van der Waals surface area contributed by atoms with Gasteiger partial charge < -0.3 is 0 Å². The van der Waals surface area contributed by atoms with E-state index in [0.717, 1.165) is 0 Å². The Morgan fingerprint density at radius 1 is 0.750 bits per heavy atom. The third-order valence-electron chi connectivity index (χ3n) is 2.22. The van der Waals surface area contributed by atoms with E-state index in [2.05, 4.69) is 0 Å². The molecule has 0 heterocycles. The van der Waals surface area contributed by atoms with Gasteiger partial charge in [0.15, 0.2) is 0 Å². The second-order valence-corrected chi connectivity index (χ2v) is 3.98. The molecule has 0 spiro atoms. The zero-order valence-corrected chi connectivity index (χ0v) is 9.55. The van der Waals surface area contributed by atoms with Crippen molar-refractivity contribution in [3.05, 3.63) is 57.7 Å². The molecule has 0 atom stereocenters. The van der Waals surface area contributed by atoms with Gasteiger partial charge in [0, 0.05) is 0 Å². The lowest BCUT2D eigenvalue weighted by atomic mass is 10.0. The van der Waals surface area contributed by atoms with Crippen LogP contribution in [0, 0.1) is 0 Å². The van der Waals surface area contributed by atoms with E-state index in [0.29, 0.717) is 5.57 Å². The van der Waals surface area contributed by atoms with Crippen LogP contribution in [0.4, 0.5) is 0 Å². The second-order valence-electron chi connectivity index (χ2n) is 3.22. The zero-order valence-electron chi connectivity index (χ0n) is 8.04. The van der Waals surface area contributed by atoms with Crippen LogP contribution >= 0.6 is 23.2 Å². The minimum absolute atomic E-state index is 0.0335. The highest BCUT2D eigenvalue weighted by molar-refractivity contribution is 6.64. The van der Waals surface area contributed by atoms with E-state index in [1.54, 1.807) is 36.5 Å². The van der Waals surface area contributed by atoms with Crippen LogP contribution in [0.3, 0.4) is 0 Å². The molecule has 0 radical (unpaired) electrons. The maximum absolute atomic E-state index is 11.7. The third-order valence-corrected chi connectivity index (χ3v) is 3.04. The fourth-order valence-corrected chi connectivity index (χ4v) is 1.81. The summed E-state index contributed by atoms with van der Waals surface area (Å²) in [6.45, 7) is 0. The number of carbonyl (C=O) groups is 2. The van der Waals surface area contributed by atoms with E-state index in [4.69, 9.17) is 23.2 Å². The van der Waals surface area contributed by atoms with Gasteiger partial charge in [0.25, 0.3) is 0 Å². The van der Waals surface area contributed by atoms with Gasteiger partial charge in [-0.1, -0.05) is 59.7 Å². The minimum Gasteiger partial charge on any atom is -0.287 e. The molecular weight excluding hydrogens is 247 g/mol. The molecule has 0 saturated heterocycles. The summed E-state index contributed by atoms with van der Waals surface area (Å²) in [6.07, 6.45) is 10.4. The zero-order chi connectivity index (χ0) is 11.7. The number of allylic oxidation sites excluding steroid dienone is 10. The van der Waals surface area contributed by atoms with Crippen molar-refractivity contribution in [3.63, 3.8) is 0 Å². The molecule has 4 heteroatoms. The molecule has 0 N–H and O–H groups in total. The fourth-order valence-electron chi connectivity index (χ4n) is 1.45. The van der Waals surface area contributed by atoms with Gasteiger partial charge in [-0.3, -0.25) is 9.59 Å². The molecule has 0 fully saturated rings. The number of Topliss-reactive ketones (excluding diaryl/α,β-unsaturated/α-hetero) is 2. The Morgan fingerprint density at radius 2 is 1.19 bits per heavy atom. The van der Waals surface area contributed by atoms with Gasteiger partial charge in [0.1, 0.15) is 10.1 Å². The molecule has 80 valence electrons. The molecular formula is C12H6Cl2O2. The van der Waals surface area contributed by atoms with Gasteiger partial charge in [-0.05, 0) is 5.57 Å². The summed E-state index contributed by atoms with van der Waals surface area (Å²) in [5.74, 6) is -1.02. The summed E-state index contributed by atoms with van der Waals surface area (Å²) in [4.78, 5) is 23.4. The quantitative estimate of drug-likeness (QED) is 0.491. The predicted molar refractivity (Wildman–Crippen MR) is 63.2 cm³/mol. The van der Waals surface area contributed by atoms with Gasteiger partial charge in [-0.2, -0.15) is 0 Å². The van der Waals surface area contributed by atoms with Crippen LogP contribution in [0.1, 0.15) is 0 Å². The predicted octanol–water partition coefficient (Wildman–Crippen LogP) is 2.81. The normalized spacial score (nSPS) is 20.1. The van der Waals surface area contributed by atoms with Crippen LogP contribution in [0.5, 0.6) is 0 Å². The maximum atomic E-state index is 11.7. The molecule has 2 aliphatic carbocycles. The van der Waals surface area contributed by atoms with Crippen LogP contribution in [0.25, 0.3) is 0 Å². The van der Waals surface area contributed by atoms with E-state index in [-0.39, 0.29) is 15.6 Å². The molecule has 0 saturated carbocycles. The summed E-state index contributed by atoms with van der Waals surface area (Å²) >= 11 is 11.3. The first-order valence-electron chi connectivity index (χ1n) is 4.53. The molecule has 0 amide bonds. The topological polar surface area (TPSA) is 34.1 Å². The second kappa shape index (κ2) is 4.24. The number of hydrogen-bond donors (Lipinski definition) is 0. The smallest absolute Gasteiger partial charge is 0.210 e. The van der Waals surface area contributed by atoms with Crippen LogP contribution < -0.4 is 0 Å². The van der Waals surface area contributed by atoms with Gasteiger partial charge in [-0.25, -0.2) is 0 Å². The van der Waals surface area contributed by atoms with Gasteiger partial charge in [0.05, 0.1) is 5.57 Å². The average Bonchev–Trinajstić information content (AvgIpc) is 2.54. The van der Waals surface area contributed by atoms with E-state index in [1.807, 2.05) is 0 Å².